The van der Waals surface area contributed by atoms with E-state index in [9.17, 15) is 13.2 Å². The SMILES string of the molecule is O=C(Nc1ccc(S(=O)(=O)N2CCCCC2)cc1)C1CCCN(Cc2ccc(Br)cc2)C1. The van der Waals surface area contributed by atoms with Gasteiger partial charge >= 0.3 is 0 Å². The normalized spacial score (nSPS) is 20.7. The summed E-state index contributed by atoms with van der Waals surface area (Å²) in [5, 5.41) is 2.98. The molecule has 1 unspecified atom stereocenters. The maximum Gasteiger partial charge on any atom is 0.243 e. The molecule has 2 aromatic rings. The second-order valence-corrected chi connectivity index (χ2v) is 11.5. The standard InChI is InChI=1S/C24H30BrN3O3S/c25-21-8-6-19(7-9-21)17-27-14-4-5-20(18-27)24(29)26-22-10-12-23(13-11-22)32(30,31)28-15-2-1-3-16-28/h6-13,20H,1-5,14-18H2,(H,26,29). The van der Waals surface area contributed by atoms with Crippen LogP contribution in [0.5, 0.6) is 0 Å². The van der Waals surface area contributed by atoms with Gasteiger partial charge in [-0.1, -0.05) is 34.5 Å². The molecular weight excluding hydrogens is 490 g/mol. The van der Waals surface area contributed by atoms with Crippen LogP contribution in [0, 0.1) is 5.92 Å². The van der Waals surface area contributed by atoms with Crippen LogP contribution >= 0.6 is 15.9 Å². The van der Waals surface area contributed by atoms with Gasteiger partial charge in [0.15, 0.2) is 0 Å². The largest absolute Gasteiger partial charge is 0.326 e. The van der Waals surface area contributed by atoms with E-state index in [0.717, 1.165) is 56.2 Å². The van der Waals surface area contributed by atoms with E-state index in [2.05, 4.69) is 38.3 Å². The van der Waals surface area contributed by atoms with E-state index in [0.29, 0.717) is 18.8 Å². The van der Waals surface area contributed by atoms with Crippen LogP contribution in [0.3, 0.4) is 0 Å². The smallest absolute Gasteiger partial charge is 0.243 e. The zero-order chi connectivity index (χ0) is 22.6. The Hall–Kier alpha value is -1.74. The lowest BCUT2D eigenvalue weighted by atomic mass is 9.96. The Labute approximate surface area is 199 Å². The third kappa shape index (κ3) is 5.78. The van der Waals surface area contributed by atoms with E-state index in [1.54, 1.807) is 28.6 Å². The van der Waals surface area contributed by atoms with Crippen LogP contribution in [0.2, 0.25) is 0 Å². The van der Waals surface area contributed by atoms with E-state index in [1.165, 1.54) is 5.56 Å². The first-order valence-electron chi connectivity index (χ1n) is 11.3. The van der Waals surface area contributed by atoms with Crippen molar-refractivity contribution in [3.63, 3.8) is 0 Å². The molecule has 0 spiro atoms. The molecule has 2 aliphatic heterocycles. The van der Waals surface area contributed by atoms with Gasteiger partial charge in [-0.25, -0.2) is 8.42 Å². The van der Waals surface area contributed by atoms with Gasteiger partial charge in [-0.3, -0.25) is 9.69 Å². The van der Waals surface area contributed by atoms with Crippen molar-refractivity contribution in [2.24, 2.45) is 5.92 Å². The topological polar surface area (TPSA) is 69.7 Å². The number of likely N-dealkylation sites (tertiary alicyclic amines) is 1. The second kappa shape index (κ2) is 10.5. The molecule has 1 N–H and O–H groups in total. The van der Waals surface area contributed by atoms with Crippen LogP contribution < -0.4 is 5.32 Å². The summed E-state index contributed by atoms with van der Waals surface area (Å²) < 4.78 is 28.2. The van der Waals surface area contributed by atoms with Crippen molar-refractivity contribution in [1.29, 1.82) is 0 Å². The van der Waals surface area contributed by atoms with Gasteiger partial charge in [-0.15, -0.1) is 0 Å². The number of piperidine rings is 2. The van der Waals surface area contributed by atoms with Crippen LogP contribution in [0.15, 0.2) is 57.9 Å². The highest BCUT2D eigenvalue weighted by Gasteiger charge is 2.27. The maximum absolute atomic E-state index is 12.9. The number of nitrogens with one attached hydrogen (secondary N) is 1. The number of amides is 1. The number of nitrogens with zero attached hydrogens (tertiary/aromatic N) is 2. The van der Waals surface area contributed by atoms with E-state index < -0.39 is 10.0 Å². The van der Waals surface area contributed by atoms with Crippen molar-refractivity contribution in [2.75, 3.05) is 31.5 Å². The maximum atomic E-state index is 12.9. The van der Waals surface area contributed by atoms with Gasteiger partial charge in [0.05, 0.1) is 10.8 Å². The van der Waals surface area contributed by atoms with Crippen molar-refractivity contribution >= 4 is 37.5 Å². The zero-order valence-corrected chi connectivity index (χ0v) is 20.6. The highest BCUT2D eigenvalue weighted by Crippen LogP contribution is 2.24. The number of carbonyl (C=O) groups excluding carboxylic acids is 1. The van der Waals surface area contributed by atoms with Gasteiger partial charge in [-0.05, 0) is 74.2 Å². The molecule has 1 amide bonds. The summed E-state index contributed by atoms with van der Waals surface area (Å²) in [4.78, 5) is 15.5. The summed E-state index contributed by atoms with van der Waals surface area (Å²) in [5.74, 6) is -0.0758. The minimum Gasteiger partial charge on any atom is -0.326 e. The third-order valence-electron chi connectivity index (χ3n) is 6.27. The Morgan fingerprint density at radius 1 is 0.938 bits per heavy atom. The molecule has 0 radical (unpaired) electrons. The fourth-order valence-electron chi connectivity index (χ4n) is 4.47. The Kier molecular flexibility index (Phi) is 7.66. The van der Waals surface area contributed by atoms with Crippen molar-refractivity contribution < 1.29 is 13.2 Å². The van der Waals surface area contributed by atoms with Crippen molar-refractivity contribution in [2.45, 2.75) is 43.5 Å². The summed E-state index contributed by atoms with van der Waals surface area (Å²) >= 11 is 3.46. The number of anilines is 1. The molecule has 6 nitrogen and oxygen atoms in total. The Morgan fingerprint density at radius 3 is 2.31 bits per heavy atom. The summed E-state index contributed by atoms with van der Waals surface area (Å²) in [6.07, 6.45) is 4.76. The van der Waals surface area contributed by atoms with Crippen LogP contribution in [0.25, 0.3) is 0 Å². The number of benzene rings is 2. The average molecular weight is 520 g/mol. The predicted molar refractivity (Wildman–Crippen MR) is 130 cm³/mol. The molecule has 0 aromatic heterocycles. The Balaban J connectivity index is 1.34. The lowest BCUT2D eigenvalue weighted by molar-refractivity contribution is -0.121. The number of carbonyl (C=O) groups is 1. The molecule has 4 rings (SSSR count). The minimum atomic E-state index is -3.46. The molecule has 0 aliphatic carbocycles. The van der Waals surface area contributed by atoms with Crippen LogP contribution in [0.1, 0.15) is 37.7 Å². The Bertz CT molecular complexity index is 1020. The number of rotatable bonds is 6. The molecular formula is C24H30BrN3O3S. The second-order valence-electron chi connectivity index (χ2n) is 8.68. The van der Waals surface area contributed by atoms with Crippen molar-refractivity contribution in [3.8, 4) is 0 Å². The molecule has 2 aliphatic rings. The average Bonchev–Trinajstić information content (AvgIpc) is 2.82. The summed E-state index contributed by atoms with van der Waals surface area (Å²) in [5.41, 5.74) is 1.87. The molecule has 2 saturated heterocycles. The van der Waals surface area contributed by atoms with Gasteiger partial charge < -0.3 is 5.32 Å². The van der Waals surface area contributed by atoms with E-state index in [1.807, 2.05) is 12.1 Å². The molecule has 2 aromatic carbocycles. The van der Waals surface area contributed by atoms with E-state index in [-0.39, 0.29) is 16.7 Å². The highest BCUT2D eigenvalue weighted by atomic mass is 79.9. The molecule has 0 saturated carbocycles. The molecule has 1 atom stereocenters. The van der Waals surface area contributed by atoms with Gasteiger partial charge in [0.25, 0.3) is 0 Å². The van der Waals surface area contributed by atoms with Crippen LogP contribution in [-0.4, -0.2) is 49.7 Å². The number of hydrogen-bond acceptors (Lipinski definition) is 4. The van der Waals surface area contributed by atoms with Crippen LogP contribution in [-0.2, 0) is 21.4 Å². The van der Waals surface area contributed by atoms with Gasteiger partial charge in [0, 0.05) is 36.3 Å². The molecule has 2 heterocycles. The van der Waals surface area contributed by atoms with E-state index in [4.69, 9.17) is 0 Å². The van der Waals surface area contributed by atoms with Gasteiger partial charge in [-0.2, -0.15) is 4.31 Å². The fraction of sp³-hybridized carbons (Fsp3) is 0.458. The van der Waals surface area contributed by atoms with Gasteiger partial charge in [0.2, 0.25) is 15.9 Å². The summed E-state index contributed by atoms with van der Waals surface area (Å²) in [6.45, 7) is 3.71. The molecule has 172 valence electrons. The number of sulfonamides is 1. The Morgan fingerprint density at radius 2 is 1.62 bits per heavy atom. The monoisotopic (exact) mass is 519 g/mol. The van der Waals surface area contributed by atoms with Crippen molar-refractivity contribution in [3.05, 3.63) is 58.6 Å². The minimum absolute atomic E-state index is 0.00264. The lowest BCUT2D eigenvalue weighted by Crippen LogP contribution is -2.40. The number of hydrogen-bond donors (Lipinski definition) is 1. The first kappa shape index (κ1) is 23.4. The highest BCUT2D eigenvalue weighted by molar-refractivity contribution is 9.10. The predicted octanol–water partition coefficient (Wildman–Crippen LogP) is 4.47. The lowest BCUT2D eigenvalue weighted by Gasteiger charge is -2.32. The fourth-order valence-corrected chi connectivity index (χ4v) is 6.25. The first-order chi connectivity index (χ1) is 15.4. The zero-order valence-electron chi connectivity index (χ0n) is 18.2. The molecule has 2 fully saturated rings. The molecule has 32 heavy (non-hydrogen) atoms. The quantitative estimate of drug-likeness (QED) is 0.610. The molecule has 8 heteroatoms. The molecule has 0 bridgehead atoms. The van der Waals surface area contributed by atoms with Gasteiger partial charge in [0.1, 0.15) is 0 Å². The van der Waals surface area contributed by atoms with Crippen LogP contribution in [0.4, 0.5) is 5.69 Å². The number of halogens is 1. The third-order valence-corrected chi connectivity index (χ3v) is 8.71. The summed E-state index contributed by atoms with van der Waals surface area (Å²) in [6, 6.07) is 14.9. The van der Waals surface area contributed by atoms with E-state index >= 15 is 0 Å². The van der Waals surface area contributed by atoms with Crippen molar-refractivity contribution in [1.82, 2.24) is 9.21 Å². The summed E-state index contributed by atoms with van der Waals surface area (Å²) in [7, 11) is -3.46. The first-order valence-corrected chi connectivity index (χ1v) is 13.5.